The largest absolute Gasteiger partial charge is 0.507 e. The lowest BCUT2D eigenvalue weighted by atomic mass is 10.1. The van der Waals surface area contributed by atoms with E-state index >= 15 is 0 Å². The van der Waals surface area contributed by atoms with Gasteiger partial charge in [-0.3, -0.25) is 4.79 Å². The van der Waals surface area contributed by atoms with Gasteiger partial charge in [0.1, 0.15) is 18.1 Å². The molecule has 0 aliphatic rings. The summed E-state index contributed by atoms with van der Waals surface area (Å²) >= 11 is 0. The minimum atomic E-state index is 0.0167. The maximum atomic E-state index is 10.8. The molecule has 0 aromatic heterocycles. The first kappa shape index (κ1) is 13.1. The molecule has 3 nitrogen and oxygen atoms in total. The van der Waals surface area contributed by atoms with Crippen molar-refractivity contribution in [2.24, 2.45) is 0 Å². The van der Waals surface area contributed by atoms with Crippen molar-refractivity contribution in [3.8, 4) is 11.5 Å². The van der Waals surface area contributed by atoms with E-state index in [2.05, 4.69) is 0 Å². The Morgan fingerprint density at radius 1 is 1.16 bits per heavy atom. The molecule has 0 unspecified atom stereocenters. The summed E-state index contributed by atoms with van der Waals surface area (Å²) in [5.74, 6) is 0.637. The van der Waals surface area contributed by atoms with E-state index in [1.807, 2.05) is 37.3 Å². The average Bonchev–Trinajstić information content (AvgIpc) is 2.46. The highest BCUT2D eigenvalue weighted by Gasteiger charge is 2.11. The molecule has 3 heteroatoms. The Bertz CT molecular complexity index is 562. The number of aromatic hydroxyl groups is 1. The lowest BCUT2D eigenvalue weighted by Crippen LogP contribution is -1.99. The van der Waals surface area contributed by atoms with Gasteiger partial charge in [-0.2, -0.15) is 0 Å². The molecule has 0 aliphatic heterocycles. The molecule has 1 N–H and O–H groups in total. The fraction of sp³-hybridized carbons (Fsp3) is 0.188. The van der Waals surface area contributed by atoms with Crippen molar-refractivity contribution in [1.29, 1.82) is 0 Å². The van der Waals surface area contributed by atoms with E-state index in [0.29, 0.717) is 36.2 Å². The molecule has 2 aromatic rings. The Morgan fingerprint density at radius 2 is 1.89 bits per heavy atom. The molecular formula is C16H16O3. The number of carbonyl (C=O) groups excluding carboxylic acids is 1. The monoisotopic (exact) mass is 256 g/mol. The Hall–Kier alpha value is -2.29. The molecule has 2 aromatic carbocycles. The predicted octanol–water partition coefficient (Wildman–Crippen LogP) is 3.35. The van der Waals surface area contributed by atoms with Crippen LogP contribution >= 0.6 is 0 Å². The third kappa shape index (κ3) is 2.94. The molecule has 0 bridgehead atoms. The highest BCUT2D eigenvalue weighted by molar-refractivity contribution is 5.80. The highest BCUT2D eigenvalue weighted by Crippen LogP contribution is 2.31. The van der Waals surface area contributed by atoms with Gasteiger partial charge in [0, 0.05) is 5.56 Å². The number of phenolic OH excluding ortho intramolecular Hbond substituents is 1. The number of hydrogen-bond donors (Lipinski definition) is 1. The fourth-order valence-electron chi connectivity index (χ4n) is 1.94. The zero-order valence-corrected chi connectivity index (χ0v) is 10.8. The molecule has 0 aliphatic carbocycles. The molecule has 0 amide bonds. The molecular weight excluding hydrogens is 240 g/mol. The number of phenols is 1. The molecule has 0 heterocycles. The van der Waals surface area contributed by atoms with Crippen LogP contribution in [0.4, 0.5) is 0 Å². The maximum absolute atomic E-state index is 10.8. The number of ether oxygens (including phenoxy) is 1. The standard InChI is InChI=1S/C16H16O3/c1-2-14-15(9-8-13(10-17)16(14)18)19-11-12-6-4-3-5-7-12/h3-10,18H,2,11H2,1H3. The number of aldehydes is 1. The quantitative estimate of drug-likeness (QED) is 0.834. The van der Waals surface area contributed by atoms with E-state index in [1.165, 1.54) is 0 Å². The van der Waals surface area contributed by atoms with Crippen molar-refractivity contribution in [3.63, 3.8) is 0 Å². The van der Waals surface area contributed by atoms with Crippen molar-refractivity contribution in [3.05, 3.63) is 59.2 Å². The highest BCUT2D eigenvalue weighted by atomic mass is 16.5. The van der Waals surface area contributed by atoms with E-state index < -0.39 is 0 Å². The second-order valence-electron chi connectivity index (χ2n) is 4.23. The van der Waals surface area contributed by atoms with E-state index in [4.69, 9.17) is 4.74 Å². The summed E-state index contributed by atoms with van der Waals surface area (Å²) in [7, 11) is 0. The first-order valence-electron chi connectivity index (χ1n) is 6.23. The van der Waals surface area contributed by atoms with Gasteiger partial charge in [-0.05, 0) is 24.1 Å². The SMILES string of the molecule is CCc1c(OCc2ccccc2)ccc(C=O)c1O. The minimum Gasteiger partial charge on any atom is -0.507 e. The van der Waals surface area contributed by atoms with Crippen molar-refractivity contribution >= 4 is 6.29 Å². The van der Waals surface area contributed by atoms with Crippen molar-refractivity contribution in [1.82, 2.24) is 0 Å². The average molecular weight is 256 g/mol. The summed E-state index contributed by atoms with van der Waals surface area (Å²) < 4.78 is 5.72. The lowest BCUT2D eigenvalue weighted by Gasteiger charge is -2.13. The second kappa shape index (κ2) is 6.05. The van der Waals surface area contributed by atoms with E-state index in [1.54, 1.807) is 12.1 Å². The summed E-state index contributed by atoms with van der Waals surface area (Å²) in [4.78, 5) is 10.8. The van der Waals surface area contributed by atoms with Gasteiger partial charge < -0.3 is 9.84 Å². The molecule has 0 atom stereocenters. The fourth-order valence-corrected chi connectivity index (χ4v) is 1.94. The van der Waals surface area contributed by atoms with Crippen molar-refractivity contribution in [2.75, 3.05) is 0 Å². The Morgan fingerprint density at radius 3 is 2.53 bits per heavy atom. The third-order valence-electron chi connectivity index (χ3n) is 2.99. The van der Waals surface area contributed by atoms with Gasteiger partial charge in [-0.15, -0.1) is 0 Å². The van der Waals surface area contributed by atoms with Gasteiger partial charge in [0.25, 0.3) is 0 Å². The van der Waals surface area contributed by atoms with E-state index in [9.17, 15) is 9.90 Å². The van der Waals surface area contributed by atoms with Crippen LogP contribution in [0, 0.1) is 0 Å². The van der Waals surface area contributed by atoms with Crippen LogP contribution in [-0.4, -0.2) is 11.4 Å². The molecule has 0 radical (unpaired) electrons. The topological polar surface area (TPSA) is 46.5 Å². The predicted molar refractivity (Wildman–Crippen MR) is 73.6 cm³/mol. The van der Waals surface area contributed by atoms with Crippen LogP contribution in [0.5, 0.6) is 11.5 Å². The van der Waals surface area contributed by atoms with Crippen molar-refractivity contribution < 1.29 is 14.6 Å². The Balaban J connectivity index is 2.21. The van der Waals surface area contributed by atoms with Crippen LogP contribution in [0.15, 0.2) is 42.5 Å². The number of benzene rings is 2. The normalized spacial score (nSPS) is 10.2. The zero-order chi connectivity index (χ0) is 13.7. The maximum Gasteiger partial charge on any atom is 0.153 e. The van der Waals surface area contributed by atoms with Gasteiger partial charge in [-0.25, -0.2) is 0 Å². The summed E-state index contributed by atoms with van der Waals surface area (Å²) in [5.41, 5.74) is 2.02. The molecule has 0 saturated carbocycles. The zero-order valence-electron chi connectivity index (χ0n) is 10.8. The van der Waals surface area contributed by atoms with Crippen molar-refractivity contribution in [2.45, 2.75) is 20.0 Å². The smallest absolute Gasteiger partial charge is 0.153 e. The van der Waals surface area contributed by atoms with Crippen LogP contribution in [0.25, 0.3) is 0 Å². The molecule has 98 valence electrons. The van der Waals surface area contributed by atoms with Gasteiger partial charge in [0.2, 0.25) is 0 Å². The van der Waals surface area contributed by atoms with Crippen LogP contribution in [0.2, 0.25) is 0 Å². The van der Waals surface area contributed by atoms with Crippen LogP contribution < -0.4 is 4.74 Å². The minimum absolute atomic E-state index is 0.0167. The van der Waals surface area contributed by atoms with Crippen LogP contribution in [0.1, 0.15) is 28.4 Å². The van der Waals surface area contributed by atoms with Crippen LogP contribution in [0.3, 0.4) is 0 Å². The molecule has 2 rings (SSSR count). The van der Waals surface area contributed by atoms with Crippen LogP contribution in [-0.2, 0) is 13.0 Å². The van der Waals surface area contributed by atoms with Gasteiger partial charge >= 0.3 is 0 Å². The molecule has 19 heavy (non-hydrogen) atoms. The summed E-state index contributed by atoms with van der Waals surface area (Å²) in [6, 6.07) is 13.1. The summed E-state index contributed by atoms with van der Waals surface area (Å²) in [6.07, 6.45) is 1.26. The third-order valence-corrected chi connectivity index (χ3v) is 2.99. The molecule has 0 spiro atoms. The van der Waals surface area contributed by atoms with E-state index in [0.717, 1.165) is 5.56 Å². The summed E-state index contributed by atoms with van der Waals surface area (Å²) in [6.45, 7) is 2.35. The summed E-state index contributed by atoms with van der Waals surface area (Å²) in [5, 5.41) is 9.96. The van der Waals surface area contributed by atoms with Gasteiger partial charge in [0.05, 0.1) is 5.56 Å². The Kier molecular flexibility index (Phi) is 4.18. The number of carbonyl (C=O) groups is 1. The first-order chi connectivity index (χ1) is 9.26. The number of rotatable bonds is 5. The molecule has 0 saturated heterocycles. The van der Waals surface area contributed by atoms with E-state index in [-0.39, 0.29) is 5.75 Å². The molecule has 0 fully saturated rings. The second-order valence-corrected chi connectivity index (χ2v) is 4.23. The number of hydrogen-bond acceptors (Lipinski definition) is 3. The lowest BCUT2D eigenvalue weighted by molar-refractivity contribution is 0.112. The van der Waals surface area contributed by atoms with Gasteiger partial charge in [0.15, 0.2) is 6.29 Å². The van der Waals surface area contributed by atoms with Gasteiger partial charge in [-0.1, -0.05) is 37.3 Å². The Labute approximate surface area is 112 Å². The first-order valence-corrected chi connectivity index (χ1v) is 6.23.